The van der Waals surface area contributed by atoms with Crippen LogP contribution in [0.2, 0.25) is 0 Å². The third-order valence-corrected chi connectivity index (χ3v) is 2.98. The molecule has 0 heterocycles. The summed E-state index contributed by atoms with van der Waals surface area (Å²) in [5.41, 5.74) is 8.24. The molecule has 0 bridgehead atoms. The summed E-state index contributed by atoms with van der Waals surface area (Å²) in [6, 6.07) is 14.9. The number of hydrogen-bond acceptors (Lipinski definition) is 4. The molecule has 0 spiro atoms. The van der Waals surface area contributed by atoms with Crippen molar-refractivity contribution in [3.05, 3.63) is 53.6 Å². The number of nitrogens with zero attached hydrogens (tertiary/aromatic N) is 1. The van der Waals surface area contributed by atoms with Gasteiger partial charge in [-0.3, -0.25) is 0 Å². The average Bonchev–Trinajstić information content (AvgIpc) is 2.49. The quantitative estimate of drug-likeness (QED) is 0.847. The maximum absolute atomic E-state index is 8.84. The number of benzene rings is 2. The van der Waals surface area contributed by atoms with E-state index in [1.807, 2.05) is 24.3 Å². The second-order valence-electron chi connectivity index (χ2n) is 4.27. The van der Waals surface area contributed by atoms with Crippen LogP contribution in [0.25, 0.3) is 0 Å². The Hall–Kier alpha value is -2.67. The van der Waals surface area contributed by atoms with E-state index in [1.165, 1.54) is 0 Å². The summed E-state index contributed by atoms with van der Waals surface area (Å²) in [5.74, 6) is 1.19. The SMILES string of the molecule is COc1cc(C#N)ccc1OCCc1ccccc1N. The number of nitriles is 1. The van der Waals surface area contributed by atoms with Crippen LogP contribution in [-0.2, 0) is 6.42 Å². The molecular weight excluding hydrogens is 252 g/mol. The number of hydrogen-bond donors (Lipinski definition) is 1. The van der Waals surface area contributed by atoms with Crippen molar-refractivity contribution < 1.29 is 9.47 Å². The molecule has 2 rings (SSSR count). The first-order chi connectivity index (χ1) is 9.74. The Bertz CT molecular complexity index is 633. The molecule has 0 radical (unpaired) electrons. The molecule has 0 aliphatic carbocycles. The fourth-order valence-corrected chi connectivity index (χ4v) is 1.89. The smallest absolute Gasteiger partial charge is 0.162 e. The summed E-state index contributed by atoms with van der Waals surface area (Å²) in [6.07, 6.45) is 0.718. The Morgan fingerprint density at radius 2 is 1.95 bits per heavy atom. The summed E-state index contributed by atoms with van der Waals surface area (Å²) in [7, 11) is 1.55. The maximum atomic E-state index is 8.84. The molecule has 0 unspecified atom stereocenters. The third-order valence-electron chi connectivity index (χ3n) is 2.98. The minimum atomic E-state index is 0.497. The molecule has 102 valence electrons. The number of rotatable bonds is 5. The minimum absolute atomic E-state index is 0.497. The predicted molar refractivity (Wildman–Crippen MR) is 77.8 cm³/mol. The van der Waals surface area contributed by atoms with Crippen molar-refractivity contribution in [1.82, 2.24) is 0 Å². The molecule has 4 heteroatoms. The Balaban J connectivity index is 2.01. The molecule has 0 aliphatic rings. The van der Waals surface area contributed by atoms with Crippen molar-refractivity contribution in [2.24, 2.45) is 0 Å². The van der Waals surface area contributed by atoms with Gasteiger partial charge in [-0.1, -0.05) is 18.2 Å². The molecular formula is C16H16N2O2. The Kier molecular flexibility index (Phi) is 4.46. The Morgan fingerprint density at radius 1 is 1.15 bits per heavy atom. The zero-order valence-corrected chi connectivity index (χ0v) is 11.3. The molecule has 20 heavy (non-hydrogen) atoms. The zero-order chi connectivity index (χ0) is 14.4. The third kappa shape index (κ3) is 3.21. The van der Waals surface area contributed by atoms with E-state index in [2.05, 4.69) is 6.07 Å². The molecule has 0 fully saturated rings. The number of nitrogen functional groups attached to an aromatic ring is 1. The van der Waals surface area contributed by atoms with Gasteiger partial charge in [0.2, 0.25) is 0 Å². The van der Waals surface area contributed by atoms with Gasteiger partial charge in [-0.2, -0.15) is 5.26 Å². The fourth-order valence-electron chi connectivity index (χ4n) is 1.89. The van der Waals surface area contributed by atoms with Crippen LogP contribution in [-0.4, -0.2) is 13.7 Å². The van der Waals surface area contributed by atoms with Crippen LogP contribution in [0.3, 0.4) is 0 Å². The summed E-state index contributed by atoms with van der Waals surface area (Å²) in [4.78, 5) is 0. The molecule has 0 saturated carbocycles. The number of nitrogens with two attached hydrogens (primary N) is 1. The van der Waals surface area contributed by atoms with E-state index in [-0.39, 0.29) is 0 Å². The van der Waals surface area contributed by atoms with E-state index in [1.54, 1.807) is 25.3 Å². The van der Waals surface area contributed by atoms with E-state index >= 15 is 0 Å². The molecule has 0 aliphatic heterocycles. The standard InChI is InChI=1S/C16H16N2O2/c1-19-16-10-12(11-17)6-7-15(16)20-9-8-13-4-2-3-5-14(13)18/h2-7,10H,8-9,18H2,1H3. The van der Waals surface area contributed by atoms with Crippen LogP contribution in [0, 0.1) is 11.3 Å². The van der Waals surface area contributed by atoms with Crippen LogP contribution < -0.4 is 15.2 Å². The fraction of sp³-hybridized carbons (Fsp3) is 0.188. The van der Waals surface area contributed by atoms with Crippen molar-refractivity contribution in [1.29, 1.82) is 5.26 Å². The highest BCUT2D eigenvalue weighted by atomic mass is 16.5. The van der Waals surface area contributed by atoms with Crippen molar-refractivity contribution in [2.45, 2.75) is 6.42 Å². The van der Waals surface area contributed by atoms with Gasteiger partial charge in [-0.25, -0.2) is 0 Å². The highest BCUT2D eigenvalue weighted by molar-refractivity contribution is 5.48. The minimum Gasteiger partial charge on any atom is -0.493 e. The van der Waals surface area contributed by atoms with E-state index < -0.39 is 0 Å². The highest BCUT2D eigenvalue weighted by Crippen LogP contribution is 2.28. The number of methoxy groups -OCH3 is 1. The lowest BCUT2D eigenvalue weighted by molar-refractivity contribution is 0.298. The Morgan fingerprint density at radius 3 is 2.65 bits per heavy atom. The van der Waals surface area contributed by atoms with Crippen LogP contribution in [0.15, 0.2) is 42.5 Å². The summed E-state index contributed by atoms with van der Waals surface area (Å²) in [5, 5.41) is 8.84. The van der Waals surface area contributed by atoms with Crippen LogP contribution in [0.4, 0.5) is 5.69 Å². The van der Waals surface area contributed by atoms with Gasteiger partial charge in [0.25, 0.3) is 0 Å². The molecule has 0 saturated heterocycles. The first-order valence-corrected chi connectivity index (χ1v) is 6.29. The molecule has 0 aromatic heterocycles. The van der Waals surface area contributed by atoms with Gasteiger partial charge < -0.3 is 15.2 Å². The van der Waals surface area contributed by atoms with E-state index in [9.17, 15) is 0 Å². The number of ether oxygens (including phenoxy) is 2. The molecule has 2 aromatic carbocycles. The lowest BCUT2D eigenvalue weighted by Crippen LogP contribution is -2.04. The largest absolute Gasteiger partial charge is 0.493 e. The van der Waals surface area contributed by atoms with Gasteiger partial charge in [0.05, 0.1) is 25.3 Å². The van der Waals surface area contributed by atoms with E-state index in [4.69, 9.17) is 20.5 Å². The molecule has 0 atom stereocenters. The predicted octanol–water partition coefficient (Wildman–Crippen LogP) is 2.77. The normalized spacial score (nSPS) is 9.80. The summed E-state index contributed by atoms with van der Waals surface area (Å²) >= 11 is 0. The second-order valence-corrected chi connectivity index (χ2v) is 4.27. The van der Waals surface area contributed by atoms with Crippen molar-refractivity contribution >= 4 is 5.69 Å². The lowest BCUT2D eigenvalue weighted by Gasteiger charge is -2.11. The van der Waals surface area contributed by atoms with Gasteiger partial charge in [0, 0.05) is 18.2 Å². The monoisotopic (exact) mass is 268 g/mol. The lowest BCUT2D eigenvalue weighted by atomic mass is 10.1. The second kappa shape index (κ2) is 6.48. The Labute approximate surface area is 118 Å². The van der Waals surface area contributed by atoms with Crippen LogP contribution >= 0.6 is 0 Å². The van der Waals surface area contributed by atoms with Gasteiger partial charge in [0.1, 0.15) is 0 Å². The van der Waals surface area contributed by atoms with Crippen LogP contribution in [0.1, 0.15) is 11.1 Å². The maximum Gasteiger partial charge on any atom is 0.162 e. The van der Waals surface area contributed by atoms with Gasteiger partial charge in [-0.05, 0) is 23.8 Å². The summed E-state index contributed by atoms with van der Waals surface area (Å²) in [6.45, 7) is 0.497. The molecule has 2 aromatic rings. The average molecular weight is 268 g/mol. The molecule has 4 nitrogen and oxygen atoms in total. The van der Waals surface area contributed by atoms with E-state index in [0.29, 0.717) is 23.7 Å². The zero-order valence-electron chi connectivity index (χ0n) is 11.3. The highest BCUT2D eigenvalue weighted by Gasteiger charge is 2.06. The van der Waals surface area contributed by atoms with Crippen LogP contribution in [0.5, 0.6) is 11.5 Å². The van der Waals surface area contributed by atoms with Crippen molar-refractivity contribution in [3.63, 3.8) is 0 Å². The van der Waals surface area contributed by atoms with Gasteiger partial charge >= 0.3 is 0 Å². The van der Waals surface area contributed by atoms with Crippen molar-refractivity contribution in [2.75, 3.05) is 19.5 Å². The summed E-state index contributed by atoms with van der Waals surface area (Å²) < 4.78 is 10.9. The molecule has 2 N–H and O–H groups in total. The van der Waals surface area contributed by atoms with Crippen molar-refractivity contribution in [3.8, 4) is 17.6 Å². The first-order valence-electron chi connectivity index (χ1n) is 6.29. The first kappa shape index (κ1) is 13.8. The topological polar surface area (TPSA) is 68.3 Å². The number of anilines is 1. The molecule has 0 amide bonds. The van der Waals surface area contributed by atoms with E-state index in [0.717, 1.165) is 17.7 Å². The number of para-hydroxylation sites is 1. The van der Waals surface area contributed by atoms with Gasteiger partial charge in [0.15, 0.2) is 11.5 Å². The van der Waals surface area contributed by atoms with Gasteiger partial charge in [-0.15, -0.1) is 0 Å².